The highest BCUT2D eigenvalue weighted by Crippen LogP contribution is 2.31. The Hall–Kier alpha value is -1.91. The first-order valence-corrected chi connectivity index (χ1v) is 13.8. The number of ether oxygens (including phenoxy) is 1. The van der Waals surface area contributed by atoms with Crippen LogP contribution in [-0.4, -0.2) is 67.9 Å². The first-order valence-electron chi connectivity index (χ1n) is 9.72. The first kappa shape index (κ1) is 25.7. The van der Waals surface area contributed by atoms with E-state index in [9.17, 15) is 25.6 Å². The van der Waals surface area contributed by atoms with Gasteiger partial charge in [-0.15, -0.1) is 0 Å². The molecule has 33 heavy (non-hydrogen) atoms. The minimum atomic E-state index is -4.18. The lowest BCUT2D eigenvalue weighted by Gasteiger charge is -2.38. The lowest BCUT2D eigenvalue weighted by Crippen LogP contribution is -2.54. The molecule has 1 atom stereocenters. The van der Waals surface area contributed by atoms with Crippen molar-refractivity contribution in [2.75, 3.05) is 32.5 Å². The lowest BCUT2D eigenvalue weighted by atomic mass is 10.1. The number of hydrogen-bond acceptors (Lipinski definition) is 8. The summed E-state index contributed by atoms with van der Waals surface area (Å²) in [5, 5.41) is 5.48. The predicted molar refractivity (Wildman–Crippen MR) is 118 cm³/mol. The number of halogens is 2. The largest absolute Gasteiger partial charge is 0.481 e. The van der Waals surface area contributed by atoms with Crippen molar-refractivity contribution in [3.05, 3.63) is 47.2 Å². The Balaban J connectivity index is 1.96. The van der Waals surface area contributed by atoms with Gasteiger partial charge in [0.1, 0.15) is 0 Å². The summed E-state index contributed by atoms with van der Waals surface area (Å²) in [5.74, 6) is -2.03. The molecule has 0 amide bonds. The highest BCUT2D eigenvalue weighted by atomic mass is 32.2. The Morgan fingerprint density at radius 1 is 1.21 bits per heavy atom. The van der Waals surface area contributed by atoms with Crippen molar-refractivity contribution in [1.29, 1.82) is 0 Å². The predicted octanol–water partition coefficient (Wildman–Crippen LogP) is 1.27. The van der Waals surface area contributed by atoms with E-state index in [1.54, 1.807) is 0 Å². The van der Waals surface area contributed by atoms with Crippen molar-refractivity contribution in [3.63, 3.8) is 0 Å². The number of rotatable bonds is 8. The first-order chi connectivity index (χ1) is 15.5. The fourth-order valence-corrected chi connectivity index (χ4v) is 6.08. The topological polar surface area (TPSA) is 136 Å². The van der Waals surface area contributed by atoms with Crippen molar-refractivity contribution in [2.24, 2.45) is 5.14 Å². The molecule has 1 unspecified atom stereocenters. The van der Waals surface area contributed by atoms with E-state index in [1.165, 1.54) is 36.5 Å². The van der Waals surface area contributed by atoms with E-state index in [1.807, 2.05) is 0 Å². The molecular weight excluding hydrogens is 500 g/mol. The Labute approximate surface area is 195 Å². The van der Waals surface area contributed by atoms with Crippen LogP contribution in [0, 0.1) is 11.6 Å². The fourth-order valence-electron chi connectivity index (χ4n) is 3.28. The van der Waals surface area contributed by atoms with E-state index >= 15 is 0 Å². The molecule has 1 fully saturated rings. The summed E-state index contributed by atoms with van der Waals surface area (Å²) in [6.07, 6.45) is 0. The van der Waals surface area contributed by atoms with E-state index in [0.717, 1.165) is 22.1 Å². The van der Waals surface area contributed by atoms with E-state index in [4.69, 9.17) is 9.88 Å². The summed E-state index contributed by atoms with van der Waals surface area (Å²) in [7, 11) is -6.44. The average Bonchev–Trinajstić information content (AvgIpc) is 2.78. The molecule has 2 N–H and O–H groups in total. The lowest BCUT2D eigenvalue weighted by molar-refractivity contribution is 0.197. The fraction of sp³-hybridized carbons (Fsp3) is 0.444. The van der Waals surface area contributed by atoms with Crippen LogP contribution in [0.25, 0.3) is 0 Å². The van der Waals surface area contributed by atoms with E-state index in [2.05, 4.69) is 9.97 Å². The quantitative estimate of drug-likeness (QED) is 0.404. The number of benzene rings is 1. The molecule has 1 aromatic carbocycles. The molecular formula is C18H23F2N5O5S3. The summed E-state index contributed by atoms with van der Waals surface area (Å²) < 4.78 is 84.0. The van der Waals surface area contributed by atoms with Gasteiger partial charge in [0.05, 0.1) is 24.6 Å². The van der Waals surface area contributed by atoms with Crippen LogP contribution in [0.15, 0.2) is 29.4 Å². The van der Waals surface area contributed by atoms with Crippen LogP contribution in [-0.2, 0) is 26.0 Å². The number of sulfonamides is 1. The third-order valence-corrected chi connectivity index (χ3v) is 8.85. The summed E-state index contributed by atoms with van der Waals surface area (Å²) in [6.45, 7) is 1.08. The van der Waals surface area contributed by atoms with Crippen LogP contribution in [0.2, 0.25) is 0 Å². The maximum Gasteiger partial charge on any atom is 0.277 e. The third kappa shape index (κ3) is 5.96. The minimum absolute atomic E-state index is 0.00386. The standard InChI is InChI=1S/C18H23F2N5O5S3/c1-3-32(26,27)24-7-8-25(33(21,28)29)15(10-24)14-9-16(30-2)23-18(22-14)31-11-12-5-4-6-13(19)17(12)20/h4-6,9,15H,3,7-8,10-11H2,1-2H3,(H2,21,28,29). The molecule has 1 aromatic heterocycles. The van der Waals surface area contributed by atoms with E-state index < -0.39 is 37.9 Å². The SMILES string of the molecule is CCS(=O)(=O)N1CCN(S(N)(=O)=O)C(c2cc(OC)nc(SCc3cccc(F)c3F)n2)C1. The van der Waals surface area contributed by atoms with Crippen molar-refractivity contribution < 1.29 is 30.4 Å². The molecule has 182 valence electrons. The van der Waals surface area contributed by atoms with Gasteiger partial charge in [-0.3, -0.25) is 0 Å². The van der Waals surface area contributed by atoms with Gasteiger partial charge in [-0.2, -0.15) is 22.0 Å². The van der Waals surface area contributed by atoms with Crippen LogP contribution < -0.4 is 9.88 Å². The van der Waals surface area contributed by atoms with Gasteiger partial charge in [0, 0.05) is 37.0 Å². The Morgan fingerprint density at radius 3 is 2.58 bits per heavy atom. The zero-order valence-electron chi connectivity index (χ0n) is 17.8. The molecule has 10 nitrogen and oxygen atoms in total. The van der Waals surface area contributed by atoms with Gasteiger partial charge in [0.2, 0.25) is 15.9 Å². The second kappa shape index (κ2) is 10.1. The number of nitrogens with two attached hydrogens (primary N) is 1. The van der Waals surface area contributed by atoms with Crippen LogP contribution >= 0.6 is 11.8 Å². The van der Waals surface area contributed by atoms with Gasteiger partial charge in [0.25, 0.3) is 10.2 Å². The Kier molecular flexibility index (Phi) is 7.91. The average molecular weight is 524 g/mol. The van der Waals surface area contributed by atoms with Crippen LogP contribution in [0.1, 0.15) is 24.2 Å². The summed E-state index contributed by atoms with van der Waals surface area (Å²) in [5.41, 5.74) is 0.256. The Bertz CT molecular complexity index is 1230. The molecule has 0 aliphatic carbocycles. The number of thioether (sulfide) groups is 1. The van der Waals surface area contributed by atoms with Gasteiger partial charge >= 0.3 is 0 Å². The van der Waals surface area contributed by atoms with Crippen LogP contribution in [0.3, 0.4) is 0 Å². The van der Waals surface area contributed by atoms with Gasteiger partial charge in [-0.25, -0.2) is 27.3 Å². The van der Waals surface area contributed by atoms with Gasteiger partial charge in [-0.1, -0.05) is 23.9 Å². The summed E-state index contributed by atoms with van der Waals surface area (Å²) in [4.78, 5) is 8.52. The van der Waals surface area contributed by atoms with Crippen LogP contribution in [0.5, 0.6) is 5.88 Å². The monoisotopic (exact) mass is 523 g/mol. The molecule has 2 heterocycles. The second-order valence-electron chi connectivity index (χ2n) is 7.05. The van der Waals surface area contributed by atoms with E-state index in [-0.39, 0.29) is 53.4 Å². The zero-order chi connectivity index (χ0) is 24.4. The van der Waals surface area contributed by atoms with Crippen molar-refractivity contribution in [1.82, 2.24) is 18.6 Å². The third-order valence-electron chi connectivity index (χ3n) is 5.02. The Morgan fingerprint density at radius 2 is 1.94 bits per heavy atom. The van der Waals surface area contributed by atoms with Crippen molar-refractivity contribution >= 4 is 32.0 Å². The molecule has 1 aliphatic heterocycles. The maximum absolute atomic E-state index is 14.0. The zero-order valence-corrected chi connectivity index (χ0v) is 20.3. The molecule has 3 rings (SSSR count). The van der Waals surface area contributed by atoms with Gasteiger partial charge in [-0.05, 0) is 13.0 Å². The maximum atomic E-state index is 14.0. The molecule has 0 saturated carbocycles. The number of nitrogens with zero attached hydrogens (tertiary/aromatic N) is 4. The molecule has 2 aromatic rings. The molecule has 0 bridgehead atoms. The van der Waals surface area contributed by atoms with Crippen molar-refractivity contribution in [3.8, 4) is 5.88 Å². The molecule has 1 saturated heterocycles. The molecule has 0 spiro atoms. The summed E-state index contributed by atoms with van der Waals surface area (Å²) >= 11 is 0.984. The van der Waals surface area contributed by atoms with Gasteiger partial charge in [0.15, 0.2) is 16.8 Å². The molecule has 15 heteroatoms. The highest BCUT2D eigenvalue weighted by Gasteiger charge is 2.39. The number of aromatic nitrogens is 2. The molecule has 0 radical (unpaired) electrons. The number of hydrogen-bond donors (Lipinski definition) is 1. The smallest absolute Gasteiger partial charge is 0.277 e. The summed E-state index contributed by atoms with van der Waals surface area (Å²) in [6, 6.07) is 4.16. The van der Waals surface area contributed by atoms with Crippen LogP contribution in [0.4, 0.5) is 8.78 Å². The van der Waals surface area contributed by atoms with Crippen molar-refractivity contribution in [2.45, 2.75) is 23.9 Å². The normalized spacial score (nSPS) is 18.4. The second-order valence-corrected chi connectivity index (χ2v) is 11.7. The number of piperazine rings is 1. The molecule has 1 aliphatic rings. The minimum Gasteiger partial charge on any atom is -0.481 e. The number of methoxy groups -OCH3 is 1. The van der Waals surface area contributed by atoms with E-state index in [0.29, 0.717) is 0 Å². The van der Waals surface area contributed by atoms with Gasteiger partial charge < -0.3 is 4.74 Å². The highest BCUT2D eigenvalue weighted by molar-refractivity contribution is 7.98.